The lowest BCUT2D eigenvalue weighted by molar-refractivity contribution is -0.138. The summed E-state index contributed by atoms with van der Waals surface area (Å²) < 4.78 is 13.2. The second-order valence-corrected chi connectivity index (χ2v) is 10.9. The average molecular weight is 554 g/mol. The van der Waals surface area contributed by atoms with E-state index in [-0.39, 0.29) is 42.1 Å². The van der Waals surface area contributed by atoms with Crippen molar-refractivity contribution < 1.29 is 23.9 Å². The van der Waals surface area contributed by atoms with Crippen LogP contribution in [0.2, 0.25) is 0 Å². The molecule has 3 amide bonds. The number of likely N-dealkylation sites (tertiary alicyclic amines) is 1. The van der Waals surface area contributed by atoms with Crippen molar-refractivity contribution in [1.82, 2.24) is 34.8 Å². The van der Waals surface area contributed by atoms with Crippen LogP contribution in [0.4, 0.5) is 0 Å². The molecule has 2 aromatic rings. The first-order valence-corrected chi connectivity index (χ1v) is 14.1. The number of carbonyl (C=O) groups excluding carboxylic acids is 3. The number of nitrogens with zero attached hydrogens (tertiary/aromatic N) is 6. The van der Waals surface area contributed by atoms with E-state index < -0.39 is 0 Å². The molecule has 0 saturated carbocycles. The van der Waals surface area contributed by atoms with Gasteiger partial charge in [0.15, 0.2) is 0 Å². The number of fused-ring (bicyclic) bond motifs is 10. The van der Waals surface area contributed by atoms with Gasteiger partial charge < -0.3 is 24.6 Å². The van der Waals surface area contributed by atoms with Crippen LogP contribution in [0.25, 0.3) is 0 Å². The quantitative estimate of drug-likeness (QED) is 0.539. The van der Waals surface area contributed by atoms with Gasteiger partial charge >= 0.3 is 0 Å². The number of piperidine rings is 1. The normalized spacial score (nSPS) is 25.3. The molecule has 2 aromatic heterocycles. The summed E-state index contributed by atoms with van der Waals surface area (Å²) in [6, 6.07) is 4.55. The lowest BCUT2D eigenvalue weighted by Gasteiger charge is -2.37. The molecule has 1 N–H and O–H groups in total. The van der Waals surface area contributed by atoms with Crippen LogP contribution in [-0.4, -0.2) is 112 Å². The van der Waals surface area contributed by atoms with Gasteiger partial charge in [0.1, 0.15) is 12.3 Å². The van der Waals surface area contributed by atoms with Crippen molar-refractivity contribution in [3.8, 4) is 5.88 Å². The number of rotatable bonds is 2. The fraction of sp³-hybridized carbons (Fsp3) is 0.607. The highest BCUT2D eigenvalue weighted by molar-refractivity contribution is 5.92. The van der Waals surface area contributed by atoms with Gasteiger partial charge in [-0.05, 0) is 31.2 Å². The molecule has 0 radical (unpaired) electrons. The van der Waals surface area contributed by atoms with E-state index in [0.29, 0.717) is 70.7 Å². The summed E-state index contributed by atoms with van der Waals surface area (Å²) in [5, 5.41) is 7.37. The van der Waals surface area contributed by atoms with Crippen molar-refractivity contribution in [2.45, 2.75) is 44.8 Å². The van der Waals surface area contributed by atoms with Gasteiger partial charge in [0.25, 0.3) is 5.91 Å². The first-order valence-electron chi connectivity index (χ1n) is 14.1. The van der Waals surface area contributed by atoms with Crippen molar-refractivity contribution in [2.24, 2.45) is 13.0 Å². The van der Waals surface area contributed by atoms with Crippen LogP contribution in [0.3, 0.4) is 0 Å². The molecule has 4 aliphatic heterocycles. The van der Waals surface area contributed by atoms with E-state index >= 15 is 0 Å². The second-order valence-electron chi connectivity index (χ2n) is 10.9. The Hall–Kier alpha value is -3.51. The summed E-state index contributed by atoms with van der Waals surface area (Å²) in [7, 11) is 1.87. The smallest absolute Gasteiger partial charge is 0.270 e. The number of carbonyl (C=O) groups is 3. The second kappa shape index (κ2) is 12.8. The molecule has 2 fully saturated rings. The van der Waals surface area contributed by atoms with Gasteiger partial charge in [-0.2, -0.15) is 5.10 Å². The number of ether oxygens (including phenoxy) is 2. The molecule has 6 bridgehead atoms. The maximum Gasteiger partial charge on any atom is 0.270 e. The molecular weight excluding hydrogens is 514 g/mol. The number of hydrogen-bond donors (Lipinski definition) is 1. The third-order valence-electron chi connectivity index (χ3n) is 7.96. The first kappa shape index (κ1) is 28.0. The Morgan fingerprint density at radius 2 is 1.93 bits per heavy atom. The van der Waals surface area contributed by atoms with Crippen LogP contribution in [-0.2, 0) is 27.9 Å². The molecule has 6 heterocycles. The predicted molar refractivity (Wildman–Crippen MR) is 145 cm³/mol. The number of pyridine rings is 1. The predicted octanol–water partition coefficient (Wildman–Crippen LogP) is 0.684. The summed E-state index contributed by atoms with van der Waals surface area (Å²) in [4.78, 5) is 49.5. The van der Waals surface area contributed by atoms with Gasteiger partial charge in [-0.3, -0.25) is 24.0 Å². The zero-order valence-corrected chi connectivity index (χ0v) is 23.3. The zero-order valence-electron chi connectivity index (χ0n) is 23.3. The number of aromatic nitrogens is 3. The Bertz CT molecular complexity index is 1200. The van der Waals surface area contributed by atoms with Crippen LogP contribution < -0.4 is 10.1 Å². The Morgan fingerprint density at radius 3 is 2.67 bits per heavy atom. The minimum absolute atomic E-state index is 0.0259. The van der Waals surface area contributed by atoms with Crippen LogP contribution in [0, 0.1) is 5.92 Å². The van der Waals surface area contributed by atoms with E-state index in [9.17, 15) is 14.4 Å². The molecule has 6 rings (SSSR count). The molecule has 0 unspecified atom stereocenters. The van der Waals surface area contributed by atoms with Crippen molar-refractivity contribution in [2.75, 3.05) is 52.5 Å². The summed E-state index contributed by atoms with van der Waals surface area (Å²) in [5.41, 5.74) is 1.28. The van der Waals surface area contributed by atoms with E-state index in [0.717, 1.165) is 18.4 Å². The molecule has 0 aliphatic carbocycles. The monoisotopic (exact) mass is 553 g/mol. The number of amides is 3. The molecular formula is C28H39N7O5. The molecule has 12 heteroatoms. The average Bonchev–Trinajstić information content (AvgIpc) is 3.54. The lowest BCUT2D eigenvalue weighted by Crippen LogP contribution is -2.49. The van der Waals surface area contributed by atoms with Gasteiger partial charge in [0.2, 0.25) is 17.7 Å². The number of aryl methyl sites for hydroxylation is 1. The molecule has 40 heavy (non-hydrogen) atoms. The van der Waals surface area contributed by atoms with E-state index in [1.165, 1.54) is 0 Å². The van der Waals surface area contributed by atoms with Gasteiger partial charge in [0.05, 0.1) is 25.5 Å². The van der Waals surface area contributed by atoms with E-state index in [1.54, 1.807) is 29.8 Å². The largest absolute Gasteiger partial charge is 0.475 e. The minimum atomic E-state index is -0.343. The van der Waals surface area contributed by atoms with Crippen LogP contribution >= 0.6 is 0 Å². The van der Waals surface area contributed by atoms with Crippen molar-refractivity contribution >= 4 is 17.7 Å². The van der Waals surface area contributed by atoms with Crippen LogP contribution in [0.5, 0.6) is 5.88 Å². The molecule has 12 nitrogen and oxygen atoms in total. The summed E-state index contributed by atoms with van der Waals surface area (Å²) in [6.45, 7) is 6.25. The standard InChI is InChI=1S/C28H39N7O5/c1-20(36)34-10-11-39-12-13-40-26-5-3-4-24(31-26)27(37)30-23-14-25(28(38)33-8-6-21(17-34)7-9-33)35(19-23)18-22-15-29-32(2)16-22/h3-5,15-16,21,23,25H,6-14,17-19H2,1-2H3,(H,30,37)/t23-,25-/m0/s1. The van der Waals surface area contributed by atoms with E-state index in [2.05, 4.69) is 20.3 Å². The van der Waals surface area contributed by atoms with Crippen molar-refractivity contribution in [3.63, 3.8) is 0 Å². The Labute approximate surface area is 234 Å². The van der Waals surface area contributed by atoms with E-state index in [4.69, 9.17) is 9.47 Å². The van der Waals surface area contributed by atoms with Gasteiger partial charge in [0, 0.05) is 77.1 Å². The highest BCUT2D eigenvalue weighted by Crippen LogP contribution is 2.26. The third-order valence-corrected chi connectivity index (χ3v) is 7.96. The van der Waals surface area contributed by atoms with Crippen molar-refractivity contribution in [1.29, 1.82) is 0 Å². The van der Waals surface area contributed by atoms with Crippen LogP contribution in [0.1, 0.15) is 42.2 Å². The highest BCUT2D eigenvalue weighted by atomic mass is 16.5. The molecule has 2 atom stereocenters. The maximum atomic E-state index is 13.8. The molecule has 0 spiro atoms. The Kier molecular flexibility index (Phi) is 8.95. The highest BCUT2D eigenvalue weighted by Gasteiger charge is 2.40. The Morgan fingerprint density at radius 1 is 1.10 bits per heavy atom. The summed E-state index contributed by atoms with van der Waals surface area (Å²) in [6.07, 6.45) is 5.99. The van der Waals surface area contributed by atoms with Gasteiger partial charge in [-0.25, -0.2) is 4.98 Å². The topological polar surface area (TPSA) is 122 Å². The third kappa shape index (κ3) is 6.97. The molecule has 216 valence electrons. The lowest BCUT2D eigenvalue weighted by atomic mass is 9.95. The fourth-order valence-corrected chi connectivity index (χ4v) is 5.83. The van der Waals surface area contributed by atoms with Crippen LogP contribution in [0.15, 0.2) is 30.6 Å². The zero-order chi connectivity index (χ0) is 28.1. The summed E-state index contributed by atoms with van der Waals surface area (Å²) >= 11 is 0. The molecule has 2 saturated heterocycles. The SMILES string of the molecule is CC(=O)N1CCOCCOc2cccc(n2)C(=O)N[C@H]2C[C@@H](C(=O)N3CCC(CC3)C1)N(Cc1cnn(C)c1)C2. The Balaban J connectivity index is 1.34. The summed E-state index contributed by atoms with van der Waals surface area (Å²) in [5.74, 6) is 0.505. The fourth-order valence-electron chi connectivity index (χ4n) is 5.83. The number of hydrogen-bond acceptors (Lipinski definition) is 8. The minimum Gasteiger partial charge on any atom is -0.475 e. The van der Waals surface area contributed by atoms with Gasteiger partial charge in [-0.1, -0.05) is 6.07 Å². The van der Waals surface area contributed by atoms with E-state index in [1.807, 2.05) is 29.2 Å². The van der Waals surface area contributed by atoms with Gasteiger partial charge in [-0.15, -0.1) is 0 Å². The molecule has 0 aromatic carbocycles. The van der Waals surface area contributed by atoms with Crippen molar-refractivity contribution in [3.05, 3.63) is 41.9 Å². The first-order chi connectivity index (χ1) is 19.4. The number of nitrogens with one attached hydrogen (secondary N) is 1. The maximum absolute atomic E-state index is 13.8. The molecule has 4 aliphatic rings.